The van der Waals surface area contributed by atoms with Gasteiger partial charge < -0.3 is 10.4 Å². The van der Waals surface area contributed by atoms with Gasteiger partial charge in [0.05, 0.1) is 11.1 Å². The number of nitrogens with one attached hydrogen (secondary N) is 2. The van der Waals surface area contributed by atoms with E-state index in [9.17, 15) is 9.90 Å². The first-order chi connectivity index (χ1) is 14.6. The third kappa shape index (κ3) is 4.85. The molecular weight excluding hydrogens is 440 g/mol. The van der Waals surface area contributed by atoms with Crippen molar-refractivity contribution in [1.29, 1.82) is 0 Å². The molecule has 0 aliphatic rings. The van der Waals surface area contributed by atoms with Crippen LogP contribution in [0, 0.1) is 0 Å². The van der Waals surface area contributed by atoms with Crippen LogP contribution in [0.15, 0.2) is 71.1 Å². The summed E-state index contributed by atoms with van der Waals surface area (Å²) in [6, 6.07) is 17.6. The molecule has 4 rings (SSSR count). The summed E-state index contributed by atoms with van der Waals surface area (Å²) in [7, 11) is 0. The number of thiophene rings is 1. The van der Waals surface area contributed by atoms with E-state index in [4.69, 9.17) is 11.6 Å². The lowest BCUT2D eigenvalue weighted by atomic mass is 10.1. The highest BCUT2D eigenvalue weighted by Gasteiger charge is 2.17. The maximum atomic E-state index is 12.5. The number of hydrogen-bond acceptors (Lipinski definition) is 7. The molecule has 0 bridgehead atoms. The van der Waals surface area contributed by atoms with Crippen LogP contribution in [-0.4, -0.2) is 22.2 Å². The standard InChI is InChI=1S/C21H15ClN4O2S2/c22-15-8-6-14(7-9-15)18-20(25-19(28)17-5-2-10-29-17)30-21(24-18)26-23-12-13-3-1-4-16(27)11-13/h1-12,27H,(H,24,26)(H,25,28). The third-order valence-corrected chi connectivity index (χ3v) is 5.96. The van der Waals surface area contributed by atoms with Gasteiger partial charge in [-0.2, -0.15) is 5.10 Å². The van der Waals surface area contributed by atoms with Gasteiger partial charge in [-0.25, -0.2) is 4.98 Å². The maximum absolute atomic E-state index is 12.5. The fourth-order valence-corrected chi connectivity index (χ4v) is 4.17. The van der Waals surface area contributed by atoms with Crippen LogP contribution in [0.1, 0.15) is 15.2 Å². The number of aromatic nitrogens is 1. The zero-order chi connectivity index (χ0) is 20.9. The number of benzene rings is 2. The number of nitrogens with zero attached hydrogens (tertiary/aromatic N) is 2. The number of thiazole rings is 1. The molecule has 0 unspecified atom stereocenters. The van der Waals surface area contributed by atoms with Crippen LogP contribution in [-0.2, 0) is 0 Å². The molecule has 0 saturated heterocycles. The SMILES string of the molecule is O=C(Nc1sc(NN=Cc2cccc(O)c2)nc1-c1ccc(Cl)cc1)c1cccs1. The molecule has 150 valence electrons. The van der Waals surface area contributed by atoms with Crippen molar-refractivity contribution in [2.24, 2.45) is 5.10 Å². The number of hydrazone groups is 1. The van der Waals surface area contributed by atoms with Crippen molar-refractivity contribution in [1.82, 2.24) is 4.98 Å². The number of carbonyl (C=O) groups excluding carboxylic acids is 1. The highest BCUT2D eigenvalue weighted by atomic mass is 35.5. The first-order valence-corrected chi connectivity index (χ1v) is 10.9. The fourth-order valence-electron chi connectivity index (χ4n) is 2.60. The van der Waals surface area contributed by atoms with E-state index >= 15 is 0 Å². The smallest absolute Gasteiger partial charge is 0.266 e. The van der Waals surface area contributed by atoms with Crippen molar-refractivity contribution in [2.75, 3.05) is 10.7 Å². The second kappa shape index (κ2) is 9.08. The molecule has 0 fully saturated rings. The highest BCUT2D eigenvalue weighted by molar-refractivity contribution is 7.20. The van der Waals surface area contributed by atoms with E-state index < -0.39 is 0 Å². The largest absolute Gasteiger partial charge is 0.508 e. The summed E-state index contributed by atoms with van der Waals surface area (Å²) in [4.78, 5) is 17.7. The average Bonchev–Trinajstić information content (AvgIpc) is 3.39. The van der Waals surface area contributed by atoms with E-state index in [1.165, 1.54) is 22.7 Å². The van der Waals surface area contributed by atoms with Crippen molar-refractivity contribution in [2.45, 2.75) is 0 Å². The van der Waals surface area contributed by atoms with E-state index in [-0.39, 0.29) is 11.7 Å². The topological polar surface area (TPSA) is 86.6 Å². The quantitative estimate of drug-likeness (QED) is 0.249. The first-order valence-electron chi connectivity index (χ1n) is 8.78. The summed E-state index contributed by atoms with van der Waals surface area (Å²) in [5.41, 5.74) is 5.07. The van der Waals surface area contributed by atoms with Crippen LogP contribution >= 0.6 is 34.3 Å². The molecule has 6 nitrogen and oxygen atoms in total. The summed E-state index contributed by atoms with van der Waals surface area (Å²) in [5.74, 6) is -0.0320. The Labute approximate surface area is 185 Å². The Morgan fingerprint density at radius 1 is 1.13 bits per heavy atom. The molecule has 0 aliphatic carbocycles. The molecule has 3 N–H and O–H groups in total. The summed E-state index contributed by atoms with van der Waals surface area (Å²) in [6.45, 7) is 0. The molecule has 1 amide bonds. The van der Waals surface area contributed by atoms with E-state index in [0.717, 1.165) is 11.1 Å². The highest BCUT2D eigenvalue weighted by Crippen LogP contribution is 2.36. The van der Waals surface area contributed by atoms with Crippen molar-refractivity contribution < 1.29 is 9.90 Å². The van der Waals surface area contributed by atoms with Crippen LogP contribution < -0.4 is 10.7 Å². The number of phenols is 1. The van der Waals surface area contributed by atoms with Gasteiger partial charge in [0.25, 0.3) is 5.91 Å². The summed E-state index contributed by atoms with van der Waals surface area (Å²) >= 11 is 8.64. The van der Waals surface area contributed by atoms with Crippen molar-refractivity contribution in [3.8, 4) is 17.0 Å². The Balaban J connectivity index is 1.59. The van der Waals surface area contributed by atoms with Gasteiger partial charge in [-0.15, -0.1) is 11.3 Å². The predicted octanol–water partition coefficient (Wildman–Crippen LogP) is 5.93. The molecule has 30 heavy (non-hydrogen) atoms. The minimum atomic E-state index is -0.196. The van der Waals surface area contributed by atoms with Gasteiger partial charge in [0.1, 0.15) is 16.4 Å². The lowest BCUT2D eigenvalue weighted by molar-refractivity contribution is 0.103. The van der Waals surface area contributed by atoms with Crippen LogP contribution in [0.2, 0.25) is 5.02 Å². The Hall–Kier alpha value is -3.20. The van der Waals surface area contributed by atoms with Crippen molar-refractivity contribution >= 4 is 56.5 Å². The van der Waals surface area contributed by atoms with Crippen LogP contribution in [0.5, 0.6) is 5.75 Å². The van der Waals surface area contributed by atoms with Crippen LogP contribution in [0.3, 0.4) is 0 Å². The average molecular weight is 455 g/mol. The molecule has 2 heterocycles. The molecule has 0 aliphatic heterocycles. The first kappa shape index (κ1) is 20.1. The number of halogens is 1. The second-order valence-electron chi connectivity index (χ2n) is 6.10. The van der Waals surface area contributed by atoms with Crippen molar-refractivity contribution in [3.63, 3.8) is 0 Å². The Bertz CT molecular complexity index is 1190. The van der Waals surface area contributed by atoms with E-state index in [1.54, 1.807) is 42.6 Å². The molecule has 0 radical (unpaired) electrons. The van der Waals surface area contributed by atoms with Gasteiger partial charge in [-0.3, -0.25) is 10.2 Å². The number of anilines is 2. The lowest BCUT2D eigenvalue weighted by Crippen LogP contribution is -2.09. The number of amides is 1. The minimum Gasteiger partial charge on any atom is -0.508 e. The molecule has 0 saturated carbocycles. The summed E-state index contributed by atoms with van der Waals surface area (Å²) < 4.78 is 0. The van der Waals surface area contributed by atoms with Gasteiger partial charge in [0.2, 0.25) is 5.13 Å². The van der Waals surface area contributed by atoms with E-state index in [2.05, 4.69) is 20.8 Å². The monoisotopic (exact) mass is 454 g/mol. The third-order valence-electron chi connectivity index (χ3n) is 3.96. The minimum absolute atomic E-state index is 0.164. The molecule has 2 aromatic carbocycles. The van der Waals surface area contributed by atoms with Gasteiger partial charge in [0, 0.05) is 10.6 Å². The fraction of sp³-hybridized carbons (Fsp3) is 0. The molecule has 2 aromatic heterocycles. The Kier molecular flexibility index (Phi) is 6.08. The van der Waals surface area contributed by atoms with Crippen LogP contribution in [0.4, 0.5) is 10.1 Å². The Morgan fingerprint density at radius 3 is 2.70 bits per heavy atom. The summed E-state index contributed by atoms with van der Waals surface area (Å²) in [5, 5.41) is 20.2. The molecular formula is C21H15ClN4O2S2. The van der Waals surface area contributed by atoms with Gasteiger partial charge in [0.15, 0.2) is 0 Å². The van der Waals surface area contributed by atoms with Gasteiger partial charge in [-0.1, -0.05) is 53.3 Å². The molecule has 0 atom stereocenters. The number of aromatic hydroxyl groups is 1. The van der Waals surface area contributed by atoms with Gasteiger partial charge >= 0.3 is 0 Å². The molecule has 0 spiro atoms. The van der Waals surface area contributed by atoms with E-state index in [1.807, 2.05) is 29.6 Å². The van der Waals surface area contributed by atoms with Crippen LogP contribution in [0.25, 0.3) is 11.3 Å². The van der Waals surface area contributed by atoms with E-state index in [0.29, 0.717) is 25.7 Å². The molecule has 4 aromatic rings. The predicted molar refractivity (Wildman–Crippen MR) is 124 cm³/mol. The zero-order valence-corrected chi connectivity index (χ0v) is 17.8. The number of phenolic OH excluding ortho intramolecular Hbond substituents is 1. The van der Waals surface area contributed by atoms with Crippen molar-refractivity contribution in [3.05, 3.63) is 81.5 Å². The maximum Gasteiger partial charge on any atom is 0.266 e. The number of rotatable bonds is 6. The second-order valence-corrected chi connectivity index (χ2v) is 8.48. The van der Waals surface area contributed by atoms with Gasteiger partial charge in [-0.05, 0) is 41.3 Å². The molecule has 9 heteroatoms. The number of hydrogen-bond donors (Lipinski definition) is 3. The normalized spacial score (nSPS) is 11.0. The number of carbonyl (C=O) groups is 1. The Morgan fingerprint density at radius 2 is 1.97 bits per heavy atom. The summed E-state index contributed by atoms with van der Waals surface area (Å²) in [6.07, 6.45) is 1.58. The zero-order valence-electron chi connectivity index (χ0n) is 15.4. The lowest BCUT2D eigenvalue weighted by Gasteiger charge is -2.04.